The van der Waals surface area contributed by atoms with Gasteiger partial charge in [-0.15, -0.1) is 5.92 Å². The third-order valence-corrected chi connectivity index (χ3v) is 6.12. The minimum atomic E-state index is -0.457. The van der Waals surface area contributed by atoms with Gasteiger partial charge in [0, 0.05) is 42.7 Å². The molecule has 0 bridgehead atoms. The van der Waals surface area contributed by atoms with E-state index in [1.807, 2.05) is 13.1 Å². The first-order valence-electron chi connectivity index (χ1n) is 10.0. The molecule has 148 valence electrons. The summed E-state index contributed by atoms with van der Waals surface area (Å²) in [5, 5.41) is 0. The first-order valence-corrected chi connectivity index (χ1v) is 10.0. The Hall–Kier alpha value is -2.88. The molecule has 1 aliphatic carbocycles. The predicted octanol–water partition coefficient (Wildman–Crippen LogP) is 1.92. The number of nitrogens with two attached hydrogens (primary N) is 1. The van der Waals surface area contributed by atoms with E-state index < -0.39 is 5.54 Å². The second kappa shape index (κ2) is 7.18. The average Bonchev–Trinajstić information content (AvgIpc) is 3.29. The number of aliphatic imine (C=N–C) groups is 1. The van der Waals surface area contributed by atoms with Gasteiger partial charge in [-0.25, -0.2) is 4.99 Å². The highest BCUT2D eigenvalue weighted by Crippen LogP contribution is 2.46. The highest BCUT2D eigenvalue weighted by Gasteiger charge is 2.53. The van der Waals surface area contributed by atoms with E-state index in [9.17, 15) is 0 Å². The van der Waals surface area contributed by atoms with Crippen molar-refractivity contribution in [2.24, 2.45) is 10.7 Å². The Morgan fingerprint density at radius 1 is 1.17 bits per heavy atom. The molecule has 0 radical (unpaired) electrons. The number of benzene rings is 1. The maximum atomic E-state index is 6.00. The SMILES string of the molecule is CC#Cc1cncc(-c2ccc3c(c2)C2(COC(N)=N2)C(N2CCOCC2)C3)c1. The van der Waals surface area contributed by atoms with E-state index >= 15 is 0 Å². The third kappa shape index (κ3) is 3.07. The summed E-state index contributed by atoms with van der Waals surface area (Å²) in [5.41, 5.74) is 11.1. The van der Waals surface area contributed by atoms with Crippen LogP contribution < -0.4 is 5.73 Å². The highest BCUT2D eigenvalue weighted by molar-refractivity contribution is 5.76. The fourth-order valence-corrected chi connectivity index (χ4v) is 4.78. The summed E-state index contributed by atoms with van der Waals surface area (Å²) in [5.74, 6) is 6.02. The van der Waals surface area contributed by atoms with Crippen LogP contribution in [0, 0.1) is 11.8 Å². The second-order valence-electron chi connectivity index (χ2n) is 7.74. The van der Waals surface area contributed by atoms with Gasteiger partial charge in [-0.1, -0.05) is 18.1 Å². The van der Waals surface area contributed by atoms with E-state index in [-0.39, 0.29) is 12.1 Å². The number of hydrogen-bond donors (Lipinski definition) is 1. The summed E-state index contributed by atoms with van der Waals surface area (Å²) in [6.45, 7) is 5.64. The average molecular weight is 388 g/mol. The van der Waals surface area contributed by atoms with Gasteiger partial charge in [-0.3, -0.25) is 9.88 Å². The molecule has 3 aliphatic rings. The van der Waals surface area contributed by atoms with Crippen LogP contribution in [0.25, 0.3) is 11.1 Å². The van der Waals surface area contributed by atoms with Crippen LogP contribution >= 0.6 is 0 Å². The van der Waals surface area contributed by atoms with E-state index in [0.29, 0.717) is 6.61 Å². The molecule has 5 rings (SSSR count). The molecule has 2 aliphatic heterocycles. The Morgan fingerprint density at radius 2 is 2.03 bits per heavy atom. The van der Waals surface area contributed by atoms with Crippen LogP contribution in [-0.4, -0.2) is 54.9 Å². The Morgan fingerprint density at radius 3 is 2.79 bits per heavy atom. The van der Waals surface area contributed by atoms with Gasteiger partial charge in [0.25, 0.3) is 6.02 Å². The topological polar surface area (TPSA) is 73.0 Å². The van der Waals surface area contributed by atoms with Gasteiger partial charge in [0.15, 0.2) is 0 Å². The maximum absolute atomic E-state index is 6.00. The lowest BCUT2D eigenvalue weighted by Crippen LogP contribution is -2.52. The lowest BCUT2D eigenvalue weighted by atomic mass is 9.87. The van der Waals surface area contributed by atoms with E-state index in [4.69, 9.17) is 20.2 Å². The van der Waals surface area contributed by atoms with Crippen molar-refractivity contribution in [3.8, 4) is 23.0 Å². The third-order valence-electron chi connectivity index (χ3n) is 6.12. The zero-order valence-corrected chi connectivity index (χ0v) is 16.5. The Bertz CT molecular complexity index is 1030. The fraction of sp³-hybridized carbons (Fsp3) is 0.391. The normalized spacial score (nSPS) is 25.8. The Labute approximate surface area is 170 Å². The Kier molecular flexibility index (Phi) is 4.50. The van der Waals surface area contributed by atoms with Crippen LogP contribution in [0.4, 0.5) is 0 Å². The summed E-state index contributed by atoms with van der Waals surface area (Å²) < 4.78 is 11.3. The van der Waals surface area contributed by atoms with Crippen molar-refractivity contribution in [1.29, 1.82) is 0 Å². The summed E-state index contributed by atoms with van der Waals surface area (Å²) in [6.07, 6.45) is 4.61. The van der Waals surface area contributed by atoms with E-state index in [0.717, 1.165) is 49.4 Å². The van der Waals surface area contributed by atoms with Crippen LogP contribution in [0.1, 0.15) is 23.6 Å². The van der Waals surface area contributed by atoms with Crippen molar-refractivity contribution >= 4 is 6.02 Å². The van der Waals surface area contributed by atoms with E-state index in [1.54, 1.807) is 6.20 Å². The summed E-state index contributed by atoms with van der Waals surface area (Å²) in [7, 11) is 0. The minimum absolute atomic E-state index is 0.230. The molecular weight excluding hydrogens is 364 g/mol. The number of pyridine rings is 1. The molecule has 6 nitrogen and oxygen atoms in total. The molecule has 29 heavy (non-hydrogen) atoms. The van der Waals surface area contributed by atoms with Gasteiger partial charge in [-0.05, 0) is 42.2 Å². The Balaban J connectivity index is 1.58. The first-order chi connectivity index (χ1) is 14.2. The zero-order valence-electron chi connectivity index (χ0n) is 16.5. The van der Waals surface area contributed by atoms with Gasteiger partial charge >= 0.3 is 0 Å². The number of ether oxygens (including phenoxy) is 2. The zero-order chi connectivity index (χ0) is 19.8. The molecule has 2 atom stereocenters. The number of hydrogen-bond acceptors (Lipinski definition) is 6. The molecule has 1 aromatic carbocycles. The molecule has 1 spiro atoms. The number of nitrogens with zero attached hydrogens (tertiary/aromatic N) is 3. The summed E-state index contributed by atoms with van der Waals surface area (Å²) in [4.78, 5) is 11.7. The van der Waals surface area contributed by atoms with Crippen LogP contribution in [-0.2, 0) is 21.4 Å². The quantitative estimate of drug-likeness (QED) is 0.796. The molecule has 3 heterocycles. The molecule has 1 aromatic heterocycles. The number of morpholine rings is 1. The van der Waals surface area contributed by atoms with Gasteiger partial charge in [-0.2, -0.15) is 0 Å². The van der Waals surface area contributed by atoms with Gasteiger partial charge in [0.2, 0.25) is 0 Å². The number of aromatic nitrogens is 1. The molecule has 2 aromatic rings. The first kappa shape index (κ1) is 18.2. The summed E-state index contributed by atoms with van der Waals surface area (Å²) in [6, 6.07) is 9.21. The smallest absolute Gasteiger partial charge is 0.283 e. The lowest BCUT2D eigenvalue weighted by Gasteiger charge is -2.39. The van der Waals surface area contributed by atoms with E-state index in [2.05, 4.69) is 46.0 Å². The van der Waals surface area contributed by atoms with Gasteiger partial charge in [0.05, 0.1) is 13.2 Å². The maximum Gasteiger partial charge on any atom is 0.283 e. The molecule has 2 unspecified atom stereocenters. The number of amidine groups is 1. The monoisotopic (exact) mass is 388 g/mol. The molecule has 0 amide bonds. The van der Waals surface area contributed by atoms with Crippen molar-refractivity contribution in [2.45, 2.75) is 24.9 Å². The van der Waals surface area contributed by atoms with E-state index in [1.165, 1.54) is 11.1 Å². The number of rotatable bonds is 2. The van der Waals surface area contributed by atoms with Gasteiger partial charge < -0.3 is 15.2 Å². The molecule has 1 fully saturated rings. The van der Waals surface area contributed by atoms with Crippen LogP contribution in [0.2, 0.25) is 0 Å². The van der Waals surface area contributed by atoms with Crippen molar-refractivity contribution < 1.29 is 9.47 Å². The fourth-order valence-electron chi connectivity index (χ4n) is 4.78. The molecule has 6 heteroatoms. The molecule has 0 saturated carbocycles. The lowest BCUT2D eigenvalue weighted by molar-refractivity contribution is -0.00263. The van der Waals surface area contributed by atoms with Crippen LogP contribution in [0.5, 0.6) is 0 Å². The second-order valence-corrected chi connectivity index (χ2v) is 7.74. The minimum Gasteiger partial charge on any atom is -0.462 e. The van der Waals surface area contributed by atoms with Crippen LogP contribution in [0.15, 0.2) is 41.7 Å². The van der Waals surface area contributed by atoms with Crippen molar-refractivity contribution in [2.75, 3.05) is 32.9 Å². The van der Waals surface area contributed by atoms with Crippen molar-refractivity contribution in [3.05, 3.63) is 53.3 Å². The predicted molar refractivity (Wildman–Crippen MR) is 111 cm³/mol. The van der Waals surface area contributed by atoms with Crippen molar-refractivity contribution in [1.82, 2.24) is 9.88 Å². The number of fused-ring (bicyclic) bond motifs is 2. The summed E-state index contributed by atoms with van der Waals surface area (Å²) >= 11 is 0. The molecule has 1 saturated heterocycles. The van der Waals surface area contributed by atoms with Crippen LogP contribution in [0.3, 0.4) is 0 Å². The van der Waals surface area contributed by atoms with Gasteiger partial charge in [0.1, 0.15) is 12.1 Å². The highest BCUT2D eigenvalue weighted by atomic mass is 16.5. The molecule has 2 N–H and O–H groups in total. The largest absolute Gasteiger partial charge is 0.462 e. The molecular formula is C23H24N4O2. The standard InChI is InChI=1S/C23H24N4O2/c1-2-3-16-10-19(14-25-13-16)17-4-5-18-12-21(27-6-8-28-9-7-27)23(20(18)11-17)15-29-22(24)26-23/h4-5,10-11,13-14,21H,6-9,12,15H2,1H3,(H2,24,26). The van der Waals surface area contributed by atoms with Crippen molar-refractivity contribution in [3.63, 3.8) is 0 Å².